The monoisotopic (exact) mass is 418 g/mol. The number of ketones is 1. The van der Waals surface area contributed by atoms with Gasteiger partial charge in [-0.15, -0.1) is 0 Å². The van der Waals surface area contributed by atoms with Crippen LogP contribution in [-0.4, -0.2) is 16.3 Å². The van der Waals surface area contributed by atoms with E-state index in [-0.39, 0.29) is 17.9 Å². The first-order chi connectivity index (χ1) is 15.0. The molecule has 0 radical (unpaired) electrons. The van der Waals surface area contributed by atoms with E-state index in [1.54, 1.807) is 0 Å². The fraction of sp³-hybridized carbons (Fsp3) is 0.240. The van der Waals surface area contributed by atoms with Crippen LogP contribution in [0.4, 0.5) is 4.39 Å². The van der Waals surface area contributed by atoms with Gasteiger partial charge >= 0.3 is 0 Å². The Kier molecular flexibility index (Phi) is 5.80. The number of aryl methyl sites for hydroxylation is 1. The molecule has 158 valence electrons. The maximum absolute atomic E-state index is 13.4. The highest BCUT2D eigenvalue weighted by Crippen LogP contribution is 2.23. The molecule has 0 bridgehead atoms. The van der Waals surface area contributed by atoms with Crippen molar-refractivity contribution in [3.05, 3.63) is 98.7 Å². The fourth-order valence-electron chi connectivity index (χ4n) is 3.89. The first-order valence-electron chi connectivity index (χ1n) is 10.4. The van der Waals surface area contributed by atoms with E-state index < -0.39 is 17.3 Å². The lowest BCUT2D eigenvalue weighted by Crippen LogP contribution is -2.35. The van der Waals surface area contributed by atoms with Crippen molar-refractivity contribution < 1.29 is 14.0 Å². The molecular weight excluding hydrogens is 395 g/mol. The van der Waals surface area contributed by atoms with Crippen molar-refractivity contribution in [2.45, 2.75) is 39.2 Å². The number of hydrogen-bond donors (Lipinski definition) is 1. The minimum absolute atomic E-state index is 0.0940. The number of nitrogens with one attached hydrogen (secondary N) is 1. The molecule has 3 aromatic rings. The Morgan fingerprint density at radius 1 is 1.00 bits per heavy atom. The van der Waals surface area contributed by atoms with Gasteiger partial charge in [-0.25, -0.2) is 4.39 Å². The van der Waals surface area contributed by atoms with Crippen molar-refractivity contribution in [1.82, 2.24) is 9.88 Å². The molecule has 1 aliphatic carbocycles. The standard InChI is InChI=1S/C25H23FN2O3/c1-2-16-6-8-17(9-7-16)15-27-24(30)21-14-20-22(4-3-5-23(20)29)28(25(21)31)19-12-10-18(26)11-13-19/h6-14H,2-5,15H2,1H3,(H,27,30). The first-order valence-corrected chi connectivity index (χ1v) is 10.4. The van der Waals surface area contributed by atoms with Crippen LogP contribution in [0.2, 0.25) is 0 Å². The fourth-order valence-corrected chi connectivity index (χ4v) is 3.89. The van der Waals surface area contributed by atoms with Crippen LogP contribution in [0.15, 0.2) is 59.4 Å². The van der Waals surface area contributed by atoms with Gasteiger partial charge in [-0.3, -0.25) is 19.0 Å². The Labute approximate surface area is 179 Å². The van der Waals surface area contributed by atoms with E-state index in [1.807, 2.05) is 24.3 Å². The molecule has 6 heteroatoms. The number of nitrogens with zero attached hydrogens (tertiary/aromatic N) is 1. The van der Waals surface area contributed by atoms with Gasteiger partial charge < -0.3 is 5.32 Å². The molecule has 0 atom stereocenters. The number of amides is 1. The number of aromatic nitrogens is 1. The Bertz CT molecular complexity index is 1200. The third kappa shape index (κ3) is 4.19. The van der Waals surface area contributed by atoms with Crippen LogP contribution in [0.5, 0.6) is 0 Å². The number of fused-ring (bicyclic) bond motifs is 1. The van der Waals surface area contributed by atoms with Crippen LogP contribution in [0.1, 0.15) is 57.3 Å². The lowest BCUT2D eigenvalue weighted by Gasteiger charge is -2.21. The van der Waals surface area contributed by atoms with Gasteiger partial charge in [-0.1, -0.05) is 31.2 Å². The SMILES string of the molecule is CCc1ccc(CNC(=O)c2cc3c(n(-c4ccc(F)cc4)c2=O)CCCC3=O)cc1. The molecule has 0 unspecified atom stereocenters. The van der Waals surface area contributed by atoms with Crippen molar-refractivity contribution >= 4 is 11.7 Å². The smallest absolute Gasteiger partial charge is 0.268 e. The number of benzene rings is 2. The van der Waals surface area contributed by atoms with Crippen LogP contribution in [0, 0.1) is 5.82 Å². The molecule has 1 aromatic heterocycles. The first kappa shape index (κ1) is 20.7. The number of halogens is 1. The number of carbonyl (C=O) groups excluding carboxylic acids is 2. The second-order valence-corrected chi connectivity index (χ2v) is 7.66. The summed E-state index contributed by atoms with van der Waals surface area (Å²) in [5, 5.41) is 2.78. The zero-order valence-corrected chi connectivity index (χ0v) is 17.3. The van der Waals surface area contributed by atoms with Gasteiger partial charge in [0.1, 0.15) is 11.4 Å². The summed E-state index contributed by atoms with van der Waals surface area (Å²) in [7, 11) is 0. The number of pyridine rings is 1. The third-order valence-corrected chi connectivity index (χ3v) is 5.63. The van der Waals surface area contributed by atoms with Crippen molar-refractivity contribution in [1.29, 1.82) is 0 Å². The molecule has 0 fully saturated rings. The summed E-state index contributed by atoms with van der Waals surface area (Å²) >= 11 is 0. The highest BCUT2D eigenvalue weighted by Gasteiger charge is 2.26. The summed E-state index contributed by atoms with van der Waals surface area (Å²) in [6.45, 7) is 2.34. The average Bonchev–Trinajstić information content (AvgIpc) is 2.78. The lowest BCUT2D eigenvalue weighted by molar-refractivity contribution is 0.0949. The van der Waals surface area contributed by atoms with Gasteiger partial charge in [0.2, 0.25) is 0 Å². The maximum Gasteiger partial charge on any atom is 0.268 e. The van der Waals surface area contributed by atoms with E-state index in [9.17, 15) is 18.8 Å². The van der Waals surface area contributed by atoms with Crippen molar-refractivity contribution in [3.63, 3.8) is 0 Å². The highest BCUT2D eigenvalue weighted by atomic mass is 19.1. The Morgan fingerprint density at radius 2 is 1.68 bits per heavy atom. The topological polar surface area (TPSA) is 68.2 Å². The molecule has 0 spiro atoms. The van der Waals surface area contributed by atoms with Crippen molar-refractivity contribution in [3.8, 4) is 5.69 Å². The molecule has 1 aliphatic rings. The summed E-state index contributed by atoms with van der Waals surface area (Å²) in [5.74, 6) is -1.06. The maximum atomic E-state index is 13.4. The van der Waals surface area contributed by atoms with Gasteiger partial charge in [-0.2, -0.15) is 0 Å². The second-order valence-electron chi connectivity index (χ2n) is 7.66. The third-order valence-electron chi connectivity index (χ3n) is 5.63. The van der Waals surface area contributed by atoms with E-state index in [4.69, 9.17) is 0 Å². The average molecular weight is 418 g/mol. The Balaban J connectivity index is 1.71. The molecular formula is C25H23FN2O3. The van der Waals surface area contributed by atoms with Crippen molar-refractivity contribution in [2.24, 2.45) is 0 Å². The number of Topliss-reactive ketones (excluding diaryl/α,β-unsaturated/α-hetero) is 1. The van der Waals surface area contributed by atoms with Gasteiger partial charge in [0.25, 0.3) is 11.5 Å². The molecule has 31 heavy (non-hydrogen) atoms. The second kappa shape index (κ2) is 8.68. The van der Waals surface area contributed by atoms with Gasteiger partial charge in [0.15, 0.2) is 5.78 Å². The van der Waals surface area contributed by atoms with Crippen LogP contribution in [-0.2, 0) is 19.4 Å². The van der Waals surface area contributed by atoms with E-state index >= 15 is 0 Å². The van der Waals surface area contributed by atoms with Crippen LogP contribution in [0.25, 0.3) is 5.69 Å². The molecule has 1 amide bonds. The minimum atomic E-state index is -0.540. The number of hydrogen-bond acceptors (Lipinski definition) is 3. The van der Waals surface area contributed by atoms with E-state index in [2.05, 4.69) is 12.2 Å². The van der Waals surface area contributed by atoms with Crippen LogP contribution < -0.4 is 10.9 Å². The molecule has 2 aromatic carbocycles. The molecule has 0 aliphatic heterocycles. The Hall–Kier alpha value is -3.54. The normalized spacial score (nSPS) is 13.0. The van der Waals surface area contributed by atoms with Gasteiger partial charge in [0.05, 0.1) is 0 Å². The van der Waals surface area contributed by atoms with E-state index in [0.717, 1.165) is 12.0 Å². The van der Waals surface area contributed by atoms with Gasteiger partial charge in [-0.05, 0) is 60.7 Å². The molecule has 4 rings (SSSR count). The summed E-state index contributed by atoms with van der Waals surface area (Å²) in [6, 6.07) is 14.8. The molecule has 5 nitrogen and oxygen atoms in total. The summed E-state index contributed by atoms with van der Waals surface area (Å²) in [6.07, 6.45) is 2.48. The molecule has 1 heterocycles. The summed E-state index contributed by atoms with van der Waals surface area (Å²) < 4.78 is 14.8. The van der Waals surface area contributed by atoms with Crippen molar-refractivity contribution in [2.75, 3.05) is 0 Å². The van der Waals surface area contributed by atoms with Gasteiger partial charge in [0, 0.05) is 29.9 Å². The predicted octanol–water partition coefficient (Wildman–Crippen LogP) is 3.99. The predicted molar refractivity (Wildman–Crippen MR) is 116 cm³/mol. The van der Waals surface area contributed by atoms with E-state index in [0.29, 0.717) is 36.2 Å². The van der Waals surface area contributed by atoms with Crippen LogP contribution >= 0.6 is 0 Å². The molecule has 0 saturated heterocycles. The quantitative estimate of drug-likeness (QED) is 0.681. The zero-order valence-electron chi connectivity index (χ0n) is 17.3. The largest absolute Gasteiger partial charge is 0.348 e. The lowest BCUT2D eigenvalue weighted by atomic mass is 9.92. The minimum Gasteiger partial charge on any atom is -0.348 e. The zero-order chi connectivity index (χ0) is 22.0. The Morgan fingerprint density at radius 3 is 2.35 bits per heavy atom. The molecule has 1 N–H and O–H groups in total. The van der Waals surface area contributed by atoms with E-state index in [1.165, 1.54) is 40.5 Å². The number of rotatable bonds is 5. The molecule has 0 saturated carbocycles. The summed E-state index contributed by atoms with van der Waals surface area (Å²) in [5.41, 5.74) is 2.89. The highest BCUT2D eigenvalue weighted by molar-refractivity contribution is 6.01. The summed E-state index contributed by atoms with van der Waals surface area (Å²) in [4.78, 5) is 38.7. The number of carbonyl (C=O) groups is 2. The van der Waals surface area contributed by atoms with Crippen LogP contribution in [0.3, 0.4) is 0 Å².